The molecule has 0 aliphatic rings. The van der Waals surface area contributed by atoms with E-state index in [2.05, 4.69) is 9.98 Å². The molecule has 1 heterocycles. The van der Waals surface area contributed by atoms with E-state index in [1.54, 1.807) is 13.3 Å². The van der Waals surface area contributed by atoms with Crippen molar-refractivity contribution in [1.29, 1.82) is 0 Å². The van der Waals surface area contributed by atoms with Gasteiger partial charge in [0, 0.05) is 35.0 Å². The number of fused-ring (bicyclic) bond motifs is 1. The summed E-state index contributed by atoms with van der Waals surface area (Å²) >= 11 is 7.75. The van der Waals surface area contributed by atoms with Gasteiger partial charge in [-0.3, -0.25) is 9.98 Å². The van der Waals surface area contributed by atoms with Crippen LogP contribution >= 0.6 is 23.4 Å². The third-order valence-corrected chi connectivity index (χ3v) is 4.13. The highest BCUT2D eigenvalue weighted by atomic mass is 35.5. The molecule has 1 aromatic heterocycles. The lowest BCUT2D eigenvalue weighted by Crippen LogP contribution is -2.15. The summed E-state index contributed by atoms with van der Waals surface area (Å²) in [6, 6.07) is 7.84. The lowest BCUT2D eigenvalue weighted by atomic mass is 10.1. The SMILES string of the molecule is COCC(C)N=C(N)SCc1c(Cl)ccc2cccnc12. The number of hydrogen-bond acceptors (Lipinski definition) is 4. The summed E-state index contributed by atoms with van der Waals surface area (Å²) in [6.45, 7) is 2.52. The zero-order valence-corrected chi connectivity index (χ0v) is 13.6. The molecule has 1 atom stereocenters. The van der Waals surface area contributed by atoms with Crippen molar-refractivity contribution in [1.82, 2.24) is 4.98 Å². The summed E-state index contributed by atoms with van der Waals surface area (Å²) in [4.78, 5) is 8.77. The van der Waals surface area contributed by atoms with Crippen LogP contribution in [-0.4, -0.2) is 29.9 Å². The van der Waals surface area contributed by atoms with E-state index in [1.165, 1.54) is 11.8 Å². The van der Waals surface area contributed by atoms with Crippen LogP contribution in [0.5, 0.6) is 0 Å². The first-order valence-corrected chi connectivity index (χ1v) is 7.95. The molecule has 0 spiro atoms. The first kappa shape index (κ1) is 16.1. The Labute approximate surface area is 133 Å². The van der Waals surface area contributed by atoms with Crippen LogP contribution in [0.3, 0.4) is 0 Å². The molecule has 0 radical (unpaired) electrons. The van der Waals surface area contributed by atoms with Crippen molar-refractivity contribution in [2.45, 2.75) is 18.7 Å². The molecule has 0 bridgehead atoms. The van der Waals surface area contributed by atoms with Crippen molar-refractivity contribution in [3.05, 3.63) is 41.0 Å². The number of hydrogen-bond donors (Lipinski definition) is 1. The summed E-state index contributed by atoms with van der Waals surface area (Å²) in [6.07, 6.45) is 1.77. The highest BCUT2D eigenvalue weighted by molar-refractivity contribution is 8.13. The minimum absolute atomic E-state index is 0.0450. The first-order chi connectivity index (χ1) is 10.1. The molecule has 0 aliphatic carbocycles. The summed E-state index contributed by atoms with van der Waals surface area (Å²) in [5, 5.41) is 2.30. The fourth-order valence-electron chi connectivity index (χ4n) is 2.00. The second-order valence-electron chi connectivity index (χ2n) is 4.66. The number of thioether (sulfide) groups is 1. The molecule has 0 aliphatic heterocycles. The summed E-state index contributed by atoms with van der Waals surface area (Å²) in [7, 11) is 1.65. The van der Waals surface area contributed by atoms with E-state index in [1.807, 2.05) is 31.2 Å². The zero-order valence-electron chi connectivity index (χ0n) is 12.0. The molecule has 2 aromatic rings. The quantitative estimate of drug-likeness (QED) is 0.676. The summed E-state index contributed by atoms with van der Waals surface area (Å²) in [5.74, 6) is 0.641. The number of halogens is 1. The predicted molar refractivity (Wildman–Crippen MR) is 91.0 cm³/mol. The van der Waals surface area contributed by atoms with Crippen LogP contribution in [0.15, 0.2) is 35.5 Å². The Hall–Kier alpha value is -1.30. The maximum Gasteiger partial charge on any atom is 0.154 e. The van der Waals surface area contributed by atoms with Gasteiger partial charge in [0.05, 0.1) is 18.2 Å². The van der Waals surface area contributed by atoms with Crippen molar-refractivity contribution in [2.75, 3.05) is 13.7 Å². The van der Waals surface area contributed by atoms with Crippen LogP contribution in [0, 0.1) is 0 Å². The van der Waals surface area contributed by atoms with Crippen LogP contribution in [0.4, 0.5) is 0 Å². The van der Waals surface area contributed by atoms with Gasteiger partial charge in [0.2, 0.25) is 0 Å². The number of benzene rings is 1. The average molecular weight is 324 g/mol. The summed E-state index contributed by atoms with van der Waals surface area (Å²) < 4.78 is 5.04. The fourth-order valence-corrected chi connectivity index (χ4v) is 3.13. The largest absolute Gasteiger partial charge is 0.382 e. The molecule has 0 saturated carbocycles. The second-order valence-corrected chi connectivity index (χ2v) is 6.06. The number of nitrogens with zero attached hydrogens (tertiary/aromatic N) is 2. The first-order valence-electron chi connectivity index (χ1n) is 6.59. The predicted octanol–water partition coefficient (Wildman–Crippen LogP) is 3.47. The smallest absolute Gasteiger partial charge is 0.154 e. The second kappa shape index (κ2) is 7.64. The molecule has 1 aromatic carbocycles. The fraction of sp³-hybridized carbons (Fsp3) is 0.333. The number of aromatic nitrogens is 1. The Kier molecular flexibility index (Phi) is 5.85. The van der Waals surface area contributed by atoms with Crippen LogP contribution in [0.25, 0.3) is 10.9 Å². The highest BCUT2D eigenvalue weighted by Crippen LogP contribution is 2.28. The van der Waals surface area contributed by atoms with Crippen molar-refractivity contribution < 1.29 is 4.74 Å². The van der Waals surface area contributed by atoms with E-state index < -0.39 is 0 Å². The Balaban J connectivity index is 2.15. The van der Waals surface area contributed by atoms with Gasteiger partial charge in [0.25, 0.3) is 0 Å². The number of aliphatic imine (C=N–C) groups is 1. The van der Waals surface area contributed by atoms with Crippen molar-refractivity contribution >= 4 is 39.4 Å². The average Bonchev–Trinajstić information content (AvgIpc) is 2.46. The minimum Gasteiger partial charge on any atom is -0.382 e. The topological polar surface area (TPSA) is 60.5 Å². The minimum atomic E-state index is 0.0450. The van der Waals surface area contributed by atoms with Crippen molar-refractivity contribution in [3.63, 3.8) is 0 Å². The lowest BCUT2D eigenvalue weighted by molar-refractivity contribution is 0.186. The Bertz CT molecular complexity index is 648. The van der Waals surface area contributed by atoms with Gasteiger partial charge in [0.1, 0.15) is 0 Å². The Morgan fingerprint density at radius 2 is 2.29 bits per heavy atom. The van der Waals surface area contributed by atoms with Gasteiger partial charge in [0.15, 0.2) is 5.17 Å². The number of pyridine rings is 1. The molecule has 0 amide bonds. The van der Waals surface area contributed by atoms with Gasteiger partial charge >= 0.3 is 0 Å². The van der Waals surface area contributed by atoms with Gasteiger partial charge in [-0.1, -0.05) is 35.5 Å². The van der Waals surface area contributed by atoms with Crippen LogP contribution in [0.1, 0.15) is 12.5 Å². The van der Waals surface area contributed by atoms with E-state index in [9.17, 15) is 0 Å². The Morgan fingerprint density at radius 3 is 3.05 bits per heavy atom. The number of ether oxygens (including phenoxy) is 1. The highest BCUT2D eigenvalue weighted by Gasteiger charge is 2.09. The van der Waals surface area contributed by atoms with Gasteiger partial charge in [-0.2, -0.15) is 0 Å². The number of methoxy groups -OCH3 is 1. The van der Waals surface area contributed by atoms with Gasteiger partial charge in [-0.05, 0) is 19.1 Å². The van der Waals surface area contributed by atoms with Crippen LogP contribution < -0.4 is 5.73 Å². The van der Waals surface area contributed by atoms with E-state index in [0.29, 0.717) is 22.6 Å². The van der Waals surface area contributed by atoms with Crippen LogP contribution in [-0.2, 0) is 10.5 Å². The molecule has 1 unspecified atom stereocenters. The third kappa shape index (κ3) is 4.33. The molecule has 2 rings (SSSR count). The maximum atomic E-state index is 6.29. The number of amidine groups is 1. The van der Waals surface area contributed by atoms with E-state index >= 15 is 0 Å². The molecular formula is C15H18ClN3OS. The molecular weight excluding hydrogens is 306 g/mol. The van der Waals surface area contributed by atoms with Gasteiger partial charge in [-0.25, -0.2) is 0 Å². The molecule has 4 nitrogen and oxygen atoms in total. The van der Waals surface area contributed by atoms with E-state index in [0.717, 1.165) is 16.5 Å². The van der Waals surface area contributed by atoms with Gasteiger partial charge < -0.3 is 10.5 Å². The number of rotatable bonds is 5. The van der Waals surface area contributed by atoms with E-state index in [-0.39, 0.29) is 6.04 Å². The summed E-state index contributed by atoms with van der Waals surface area (Å²) in [5.41, 5.74) is 7.84. The molecule has 112 valence electrons. The molecule has 0 fully saturated rings. The zero-order chi connectivity index (χ0) is 15.2. The van der Waals surface area contributed by atoms with Crippen molar-refractivity contribution in [2.24, 2.45) is 10.7 Å². The lowest BCUT2D eigenvalue weighted by Gasteiger charge is -2.09. The van der Waals surface area contributed by atoms with E-state index in [4.69, 9.17) is 22.1 Å². The monoisotopic (exact) mass is 323 g/mol. The molecule has 2 N–H and O–H groups in total. The Morgan fingerprint density at radius 1 is 1.48 bits per heavy atom. The molecule has 0 saturated heterocycles. The maximum absolute atomic E-state index is 6.29. The standard InChI is InChI=1S/C15H18ClN3OS/c1-10(8-20-2)19-15(17)21-9-12-13(16)6-5-11-4-3-7-18-14(11)12/h3-7,10H,8-9H2,1-2H3,(H2,17,19). The normalized spacial score (nSPS) is 13.6. The number of nitrogens with two attached hydrogens (primary N) is 1. The molecule has 21 heavy (non-hydrogen) atoms. The van der Waals surface area contributed by atoms with Crippen LogP contribution in [0.2, 0.25) is 5.02 Å². The van der Waals surface area contributed by atoms with Gasteiger partial charge in [-0.15, -0.1) is 0 Å². The molecule has 6 heteroatoms. The van der Waals surface area contributed by atoms with Crippen molar-refractivity contribution in [3.8, 4) is 0 Å². The third-order valence-electron chi connectivity index (χ3n) is 2.94.